The van der Waals surface area contributed by atoms with E-state index in [2.05, 4.69) is 15.6 Å². The molecule has 1 aromatic rings. The lowest BCUT2D eigenvalue weighted by atomic mass is 10.3. The first-order valence-corrected chi connectivity index (χ1v) is 5.55. The van der Waals surface area contributed by atoms with Gasteiger partial charge in [-0.25, -0.2) is 14.6 Å². The summed E-state index contributed by atoms with van der Waals surface area (Å²) in [6.07, 6.45) is 1.17. The first kappa shape index (κ1) is 13.5. The van der Waals surface area contributed by atoms with Crippen LogP contribution in [0.1, 0.15) is 10.5 Å². The minimum Gasteiger partial charge on any atom is -0.477 e. The van der Waals surface area contributed by atoms with Crippen LogP contribution in [-0.2, 0) is 9.59 Å². The zero-order valence-electron chi connectivity index (χ0n) is 10.1. The second-order valence-corrected chi connectivity index (χ2v) is 3.92. The van der Waals surface area contributed by atoms with Crippen molar-refractivity contribution in [2.24, 2.45) is 0 Å². The van der Waals surface area contributed by atoms with Gasteiger partial charge in [0, 0.05) is 0 Å². The molecule has 0 radical (unpaired) electrons. The van der Waals surface area contributed by atoms with Crippen LogP contribution in [0.2, 0.25) is 0 Å². The Morgan fingerprint density at radius 2 is 2.15 bits per heavy atom. The summed E-state index contributed by atoms with van der Waals surface area (Å²) in [5, 5.41) is 13.4. The van der Waals surface area contributed by atoms with Crippen molar-refractivity contribution in [3.05, 3.63) is 24.0 Å². The van der Waals surface area contributed by atoms with Crippen LogP contribution in [-0.4, -0.2) is 51.9 Å². The maximum absolute atomic E-state index is 11.6. The summed E-state index contributed by atoms with van der Waals surface area (Å²) in [4.78, 5) is 49.2. The molecule has 0 atom stereocenters. The van der Waals surface area contributed by atoms with E-state index in [4.69, 9.17) is 5.11 Å². The molecule has 2 heterocycles. The van der Waals surface area contributed by atoms with Gasteiger partial charge in [-0.15, -0.1) is 0 Å². The van der Waals surface area contributed by atoms with Crippen LogP contribution in [0, 0.1) is 0 Å². The van der Waals surface area contributed by atoms with Gasteiger partial charge in [-0.2, -0.15) is 0 Å². The molecule has 1 aromatic heterocycles. The fraction of sp³-hybridized carbons (Fsp3) is 0.182. The number of carboxylic acid groups (broad SMARTS) is 1. The maximum atomic E-state index is 11.6. The van der Waals surface area contributed by atoms with Gasteiger partial charge < -0.3 is 15.7 Å². The second kappa shape index (κ2) is 5.34. The fourth-order valence-electron chi connectivity index (χ4n) is 1.55. The van der Waals surface area contributed by atoms with E-state index in [9.17, 15) is 19.2 Å². The molecule has 1 saturated heterocycles. The lowest BCUT2D eigenvalue weighted by Crippen LogP contribution is -2.38. The number of carbonyl (C=O) groups excluding carboxylic acids is 3. The van der Waals surface area contributed by atoms with Crippen LogP contribution >= 0.6 is 0 Å². The molecular weight excluding hydrogens is 268 g/mol. The number of urea groups is 1. The Bertz CT molecular complexity index is 567. The average molecular weight is 278 g/mol. The van der Waals surface area contributed by atoms with Gasteiger partial charge in [0.05, 0.1) is 18.4 Å². The second-order valence-electron chi connectivity index (χ2n) is 3.92. The van der Waals surface area contributed by atoms with Crippen molar-refractivity contribution in [1.29, 1.82) is 0 Å². The van der Waals surface area contributed by atoms with Crippen molar-refractivity contribution >= 4 is 29.5 Å². The van der Waals surface area contributed by atoms with Gasteiger partial charge in [-0.05, 0) is 12.1 Å². The third-order valence-corrected chi connectivity index (χ3v) is 2.51. The monoisotopic (exact) mass is 278 g/mol. The van der Waals surface area contributed by atoms with Crippen LogP contribution in [0.5, 0.6) is 0 Å². The molecule has 1 fully saturated rings. The summed E-state index contributed by atoms with van der Waals surface area (Å²) in [6.45, 7) is -0.535. The van der Waals surface area contributed by atoms with Gasteiger partial charge >= 0.3 is 12.0 Å². The van der Waals surface area contributed by atoms with Crippen molar-refractivity contribution in [3.8, 4) is 0 Å². The Kier molecular flexibility index (Phi) is 3.60. The lowest BCUT2D eigenvalue weighted by Gasteiger charge is -2.12. The molecule has 4 amide bonds. The molecule has 0 aromatic carbocycles. The summed E-state index contributed by atoms with van der Waals surface area (Å²) in [5.74, 6) is -2.24. The average Bonchev–Trinajstić information content (AvgIpc) is 2.71. The number of carbonyl (C=O) groups is 4. The zero-order chi connectivity index (χ0) is 14.7. The van der Waals surface area contributed by atoms with E-state index in [1.54, 1.807) is 0 Å². The number of aromatic nitrogens is 1. The lowest BCUT2D eigenvalue weighted by molar-refractivity contribution is -0.128. The van der Waals surface area contributed by atoms with Crippen LogP contribution in [0.3, 0.4) is 0 Å². The zero-order valence-corrected chi connectivity index (χ0v) is 10.1. The highest BCUT2D eigenvalue weighted by atomic mass is 16.4. The molecule has 0 bridgehead atoms. The van der Waals surface area contributed by atoms with Crippen molar-refractivity contribution in [3.63, 3.8) is 0 Å². The number of hydrogen-bond acceptors (Lipinski definition) is 5. The molecule has 0 aliphatic carbocycles. The van der Waals surface area contributed by atoms with Crippen LogP contribution < -0.4 is 10.6 Å². The van der Waals surface area contributed by atoms with E-state index < -0.39 is 30.4 Å². The number of anilines is 1. The third-order valence-electron chi connectivity index (χ3n) is 2.51. The number of rotatable bonds is 4. The highest BCUT2D eigenvalue weighted by Gasteiger charge is 2.30. The minimum absolute atomic E-state index is 0.124. The largest absolute Gasteiger partial charge is 0.477 e. The number of amides is 4. The van der Waals surface area contributed by atoms with Gasteiger partial charge in [-0.1, -0.05) is 0 Å². The molecule has 20 heavy (non-hydrogen) atoms. The van der Waals surface area contributed by atoms with Crippen LogP contribution in [0.4, 0.5) is 10.5 Å². The molecule has 1 aliphatic rings. The van der Waals surface area contributed by atoms with Crippen molar-refractivity contribution in [2.45, 2.75) is 0 Å². The van der Waals surface area contributed by atoms with Gasteiger partial charge in [0.15, 0.2) is 0 Å². The summed E-state index contributed by atoms with van der Waals surface area (Å²) >= 11 is 0. The van der Waals surface area contributed by atoms with Gasteiger partial charge in [0.25, 0.3) is 5.91 Å². The highest BCUT2D eigenvalue weighted by Crippen LogP contribution is 2.07. The molecule has 2 rings (SSSR count). The molecule has 104 valence electrons. The molecule has 0 unspecified atom stereocenters. The molecule has 9 nitrogen and oxygen atoms in total. The number of hydrogen-bond donors (Lipinski definition) is 3. The van der Waals surface area contributed by atoms with E-state index in [1.807, 2.05) is 0 Å². The number of nitrogens with zero attached hydrogens (tertiary/aromatic N) is 2. The molecule has 0 spiro atoms. The van der Waals surface area contributed by atoms with Crippen molar-refractivity contribution < 1.29 is 24.3 Å². The quantitative estimate of drug-likeness (QED) is 0.623. The molecule has 0 saturated carbocycles. The van der Waals surface area contributed by atoms with E-state index in [0.29, 0.717) is 0 Å². The summed E-state index contributed by atoms with van der Waals surface area (Å²) in [7, 11) is 0. The molecule has 3 N–H and O–H groups in total. The molecule has 9 heteroatoms. The predicted octanol–water partition coefficient (Wildman–Crippen LogP) is -0.730. The molecular formula is C11H10N4O5. The number of nitrogens with one attached hydrogen (secondary N) is 2. The topological polar surface area (TPSA) is 129 Å². The molecule has 1 aliphatic heterocycles. The maximum Gasteiger partial charge on any atom is 0.354 e. The van der Waals surface area contributed by atoms with E-state index in [1.165, 1.54) is 18.3 Å². The first-order chi connectivity index (χ1) is 9.47. The summed E-state index contributed by atoms with van der Waals surface area (Å²) in [5.41, 5.74) is 0.115. The number of carboxylic acids is 1. The normalized spacial score (nSPS) is 14.1. The Labute approximate surface area is 112 Å². The Balaban J connectivity index is 1.96. The Morgan fingerprint density at radius 1 is 1.40 bits per heavy atom. The van der Waals surface area contributed by atoms with Gasteiger partial charge in [0.1, 0.15) is 12.2 Å². The standard InChI is InChI=1S/C11H10N4O5/c16-8(5-15-9(17)4-13-11(15)20)14-6-1-2-7(10(18)19)12-3-6/h1-3H,4-5H2,(H,13,20)(H,14,16)(H,18,19). The summed E-state index contributed by atoms with van der Waals surface area (Å²) < 4.78 is 0. The smallest absolute Gasteiger partial charge is 0.354 e. The van der Waals surface area contributed by atoms with Gasteiger partial charge in [-0.3, -0.25) is 14.5 Å². The Morgan fingerprint density at radius 3 is 2.65 bits per heavy atom. The van der Waals surface area contributed by atoms with Crippen LogP contribution in [0.15, 0.2) is 18.3 Å². The van der Waals surface area contributed by atoms with Crippen molar-refractivity contribution in [1.82, 2.24) is 15.2 Å². The highest BCUT2D eigenvalue weighted by molar-refractivity contribution is 6.06. The van der Waals surface area contributed by atoms with Crippen LogP contribution in [0.25, 0.3) is 0 Å². The number of aromatic carboxylic acids is 1. The van der Waals surface area contributed by atoms with E-state index >= 15 is 0 Å². The SMILES string of the molecule is O=C(CN1C(=O)CNC1=O)Nc1ccc(C(=O)O)nc1. The first-order valence-electron chi connectivity index (χ1n) is 5.55. The summed E-state index contributed by atoms with van der Waals surface area (Å²) in [6, 6.07) is 1.97. The third kappa shape index (κ3) is 2.88. The predicted molar refractivity (Wildman–Crippen MR) is 64.9 cm³/mol. The fourth-order valence-corrected chi connectivity index (χ4v) is 1.55. The van der Waals surface area contributed by atoms with E-state index in [0.717, 1.165) is 4.90 Å². The minimum atomic E-state index is -1.18. The van der Waals surface area contributed by atoms with Crippen molar-refractivity contribution in [2.75, 3.05) is 18.4 Å². The number of pyridine rings is 1. The van der Waals surface area contributed by atoms with Gasteiger partial charge in [0.2, 0.25) is 5.91 Å². The number of imide groups is 1. The Hall–Kier alpha value is -2.97. The van der Waals surface area contributed by atoms with E-state index in [-0.39, 0.29) is 17.9 Å².